The number of aliphatic hydroxyl groups is 1. The molecule has 33 heavy (non-hydrogen) atoms. The Kier molecular flexibility index (Phi) is 5.09. The molecule has 1 aromatic carbocycles. The van der Waals surface area contributed by atoms with Gasteiger partial charge in [-0.2, -0.15) is 13.2 Å². The standard InChI is InChI=1S/C22H20ClF5N4O/c23-17-2-1-13(9-16(17)22(26,27)28)20(33)4-7-31(8-5-20)15-3-6-32-18(29-30-19(32)11-15)10-14-12-21(14,24)25/h1-3,6,9,11,14,33H,4-5,7-8,10,12H2/t14-/m1/s1. The number of pyridine rings is 1. The molecule has 2 fully saturated rings. The van der Waals surface area contributed by atoms with E-state index in [0.29, 0.717) is 24.6 Å². The van der Waals surface area contributed by atoms with Crippen molar-refractivity contribution < 1.29 is 27.1 Å². The Hall–Kier alpha value is -2.46. The largest absolute Gasteiger partial charge is 0.417 e. The maximum atomic E-state index is 13.2. The summed E-state index contributed by atoms with van der Waals surface area (Å²) in [6.07, 6.45) is -2.39. The molecule has 1 aliphatic carbocycles. The van der Waals surface area contributed by atoms with E-state index < -0.39 is 34.2 Å². The van der Waals surface area contributed by atoms with E-state index in [0.717, 1.165) is 11.8 Å². The van der Waals surface area contributed by atoms with E-state index in [1.165, 1.54) is 12.1 Å². The Morgan fingerprint density at radius 3 is 2.42 bits per heavy atom. The molecule has 5 nitrogen and oxygen atoms in total. The van der Waals surface area contributed by atoms with E-state index in [1.54, 1.807) is 16.7 Å². The van der Waals surface area contributed by atoms with Gasteiger partial charge in [0.15, 0.2) is 5.65 Å². The smallest absolute Gasteiger partial charge is 0.385 e. The van der Waals surface area contributed by atoms with Gasteiger partial charge < -0.3 is 10.0 Å². The quantitative estimate of drug-likeness (QED) is 0.522. The van der Waals surface area contributed by atoms with Crippen molar-refractivity contribution in [3.8, 4) is 0 Å². The molecule has 1 aliphatic heterocycles. The molecular formula is C22H20ClF5N4O. The van der Waals surface area contributed by atoms with E-state index in [4.69, 9.17) is 11.6 Å². The topological polar surface area (TPSA) is 53.7 Å². The van der Waals surface area contributed by atoms with Gasteiger partial charge >= 0.3 is 6.18 Å². The van der Waals surface area contributed by atoms with Crippen LogP contribution in [-0.2, 0) is 18.2 Å². The fourth-order valence-electron chi connectivity index (χ4n) is 4.43. The SMILES string of the molecule is OC1(c2ccc(Cl)c(C(F)(F)F)c2)CCN(c2ccn3c(C[C@@H]4CC4(F)F)nnc3c2)CC1. The Balaban J connectivity index is 1.31. The summed E-state index contributed by atoms with van der Waals surface area (Å²) >= 11 is 5.70. The third-order valence-electron chi connectivity index (χ3n) is 6.61. The van der Waals surface area contributed by atoms with Crippen molar-refractivity contribution in [2.45, 2.75) is 43.4 Å². The van der Waals surface area contributed by atoms with Crippen LogP contribution in [0, 0.1) is 5.92 Å². The summed E-state index contributed by atoms with van der Waals surface area (Å²) in [4.78, 5) is 2.00. The van der Waals surface area contributed by atoms with Crippen LogP contribution in [0.25, 0.3) is 5.65 Å². The van der Waals surface area contributed by atoms with Gasteiger partial charge in [0.05, 0.1) is 16.2 Å². The molecule has 1 saturated carbocycles. The summed E-state index contributed by atoms with van der Waals surface area (Å²) in [6, 6.07) is 7.12. The lowest BCUT2D eigenvalue weighted by molar-refractivity contribution is -0.137. The summed E-state index contributed by atoms with van der Waals surface area (Å²) in [5.41, 5.74) is -0.835. The molecule has 5 rings (SSSR count). The summed E-state index contributed by atoms with van der Waals surface area (Å²) in [7, 11) is 0. The Bertz CT molecular complexity index is 1200. The first-order chi connectivity index (χ1) is 15.5. The third-order valence-corrected chi connectivity index (χ3v) is 6.94. The number of aromatic nitrogens is 3. The van der Waals surface area contributed by atoms with Crippen molar-refractivity contribution in [1.29, 1.82) is 0 Å². The normalized spacial score (nSPS) is 22.0. The zero-order valence-corrected chi connectivity index (χ0v) is 18.0. The first kappa shape index (κ1) is 22.3. The molecule has 0 radical (unpaired) electrons. The highest BCUT2D eigenvalue weighted by atomic mass is 35.5. The van der Waals surface area contributed by atoms with E-state index >= 15 is 0 Å². The fraction of sp³-hybridized carbons (Fsp3) is 0.455. The van der Waals surface area contributed by atoms with Gasteiger partial charge in [0.25, 0.3) is 5.92 Å². The summed E-state index contributed by atoms with van der Waals surface area (Å²) in [5, 5.41) is 18.8. The highest BCUT2D eigenvalue weighted by Crippen LogP contribution is 2.50. The van der Waals surface area contributed by atoms with Crippen LogP contribution < -0.4 is 4.90 Å². The molecule has 3 heterocycles. The van der Waals surface area contributed by atoms with Crippen molar-refractivity contribution in [2.75, 3.05) is 18.0 Å². The van der Waals surface area contributed by atoms with Crippen LogP contribution in [0.3, 0.4) is 0 Å². The van der Waals surface area contributed by atoms with Crippen LogP contribution in [0.4, 0.5) is 27.6 Å². The molecule has 1 atom stereocenters. The Labute approximate surface area is 190 Å². The molecule has 0 spiro atoms. The van der Waals surface area contributed by atoms with E-state index in [2.05, 4.69) is 10.2 Å². The number of anilines is 1. The van der Waals surface area contributed by atoms with Crippen LogP contribution in [0.15, 0.2) is 36.5 Å². The van der Waals surface area contributed by atoms with Gasteiger partial charge in [-0.15, -0.1) is 10.2 Å². The third kappa shape index (κ3) is 4.14. The van der Waals surface area contributed by atoms with Crippen molar-refractivity contribution in [3.63, 3.8) is 0 Å². The highest BCUT2D eigenvalue weighted by Gasteiger charge is 2.56. The van der Waals surface area contributed by atoms with Gasteiger partial charge in [-0.3, -0.25) is 4.40 Å². The molecule has 2 aromatic heterocycles. The van der Waals surface area contributed by atoms with Crippen LogP contribution in [0.5, 0.6) is 0 Å². The maximum absolute atomic E-state index is 13.2. The van der Waals surface area contributed by atoms with Crippen molar-refractivity contribution >= 4 is 22.9 Å². The van der Waals surface area contributed by atoms with E-state index in [-0.39, 0.29) is 31.2 Å². The minimum absolute atomic E-state index is 0.130. The van der Waals surface area contributed by atoms with Gasteiger partial charge in [-0.25, -0.2) is 8.78 Å². The molecule has 3 aromatic rings. The molecule has 0 bridgehead atoms. The molecule has 1 N–H and O–H groups in total. The van der Waals surface area contributed by atoms with Crippen LogP contribution in [0.2, 0.25) is 5.02 Å². The van der Waals surface area contributed by atoms with Gasteiger partial charge in [0.2, 0.25) is 0 Å². The minimum Gasteiger partial charge on any atom is -0.385 e. The molecule has 1 saturated heterocycles. The predicted molar refractivity (Wildman–Crippen MR) is 112 cm³/mol. The first-order valence-electron chi connectivity index (χ1n) is 10.5. The zero-order valence-electron chi connectivity index (χ0n) is 17.3. The average Bonchev–Trinajstić information content (AvgIpc) is 3.16. The Morgan fingerprint density at radius 2 is 1.79 bits per heavy atom. The number of fused-ring (bicyclic) bond motifs is 1. The molecular weight excluding hydrogens is 467 g/mol. The van der Waals surface area contributed by atoms with Gasteiger partial charge in [-0.1, -0.05) is 17.7 Å². The lowest BCUT2D eigenvalue weighted by atomic mass is 9.83. The van der Waals surface area contributed by atoms with Crippen LogP contribution >= 0.6 is 11.6 Å². The zero-order chi connectivity index (χ0) is 23.6. The average molecular weight is 487 g/mol. The number of hydrogen-bond acceptors (Lipinski definition) is 4. The second-order valence-corrected chi connectivity index (χ2v) is 9.21. The molecule has 11 heteroatoms. The summed E-state index contributed by atoms with van der Waals surface area (Å²) in [5.74, 6) is -2.84. The lowest BCUT2D eigenvalue weighted by Crippen LogP contribution is -2.42. The van der Waals surface area contributed by atoms with Crippen molar-refractivity contribution in [2.24, 2.45) is 5.92 Å². The number of nitrogens with zero attached hydrogens (tertiary/aromatic N) is 4. The summed E-state index contributed by atoms with van der Waals surface area (Å²) in [6.45, 7) is 0.817. The van der Waals surface area contributed by atoms with Gasteiger partial charge in [-0.05, 0) is 36.6 Å². The van der Waals surface area contributed by atoms with Crippen LogP contribution in [0.1, 0.15) is 36.2 Å². The lowest BCUT2D eigenvalue weighted by Gasteiger charge is -2.39. The van der Waals surface area contributed by atoms with Crippen LogP contribution in [-0.4, -0.2) is 38.7 Å². The van der Waals surface area contributed by atoms with E-state index in [9.17, 15) is 27.1 Å². The second-order valence-electron chi connectivity index (χ2n) is 8.81. The Morgan fingerprint density at radius 1 is 1.09 bits per heavy atom. The van der Waals surface area contributed by atoms with E-state index in [1.807, 2.05) is 11.0 Å². The summed E-state index contributed by atoms with van der Waals surface area (Å²) < 4.78 is 67.8. The molecule has 0 amide bonds. The molecule has 2 aliphatic rings. The first-order valence-corrected chi connectivity index (χ1v) is 10.9. The number of rotatable bonds is 4. The monoisotopic (exact) mass is 486 g/mol. The second kappa shape index (κ2) is 7.53. The van der Waals surface area contributed by atoms with Crippen molar-refractivity contribution in [3.05, 3.63) is 58.5 Å². The number of alkyl halides is 5. The predicted octanol–water partition coefficient (Wildman–Crippen LogP) is 5.09. The van der Waals surface area contributed by atoms with Gasteiger partial charge in [0, 0.05) is 49.8 Å². The minimum atomic E-state index is -4.61. The highest BCUT2D eigenvalue weighted by molar-refractivity contribution is 6.31. The molecule has 176 valence electrons. The number of halogens is 6. The van der Waals surface area contributed by atoms with Gasteiger partial charge in [0.1, 0.15) is 5.82 Å². The fourth-order valence-corrected chi connectivity index (χ4v) is 4.66. The van der Waals surface area contributed by atoms with Crippen molar-refractivity contribution in [1.82, 2.24) is 14.6 Å². The number of benzene rings is 1. The molecule has 0 unspecified atom stereocenters. The number of hydrogen-bond donors (Lipinski definition) is 1. The maximum Gasteiger partial charge on any atom is 0.417 e. The number of piperidine rings is 1.